The van der Waals surface area contributed by atoms with Gasteiger partial charge in [-0.05, 0) is 70.3 Å². The largest absolute Gasteiger partial charge is 0.369 e. The second kappa shape index (κ2) is 9.97. The Morgan fingerprint density at radius 3 is 2.22 bits per heavy atom. The normalized spacial score (nSPS) is 16.2. The van der Waals surface area contributed by atoms with Gasteiger partial charge in [0.25, 0.3) is 5.91 Å². The lowest BCUT2D eigenvalue weighted by molar-refractivity contribution is 0.0939. The first-order valence-electron chi connectivity index (χ1n) is 10.7. The fourth-order valence-corrected chi connectivity index (χ4v) is 4.98. The molecule has 0 bridgehead atoms. The molecule has 1 aliphatic heterocycles. The van der Waals surface area contributed by atoms with E-state index in [1.54, 1.807) is 19.9 Å². The number of halogens is 1. The molecule has 1 saturated heterocycles. The molecular formula is C23H31FN4O3S. The highest BCUT2D eigenvalue weighted by Gasteiger charge is 2.22. The summed E-state index contributed by atoms with van der Waals surface area (Å²) in [5.74, 6) is -0.710. The SMILES string of the molecule is CC(C)NS(=O)(=O)c1ccc(C(=O)NC(C)c2cc(F)ccc2N2CCN(C)CC2)cc1. The Bertz CT molecular complexity index is 1050. The number of likely N-dealkylation sites (N-methyl/N-ethyl adjacent to an activating group) is 1. The second-order valence-corrected chi connectivity index (χ2v) is 10.2. The molecule has 1 fully saturated rings. The molecule has 1 amide bonds. The lowest BCUT2D eigenvalue weighted by atomic mass is 10.0. The number of carbonyl (C=O) groups excluding carboxylic acids is 1. The number of amides is 1. The van der Waals surface area contributed by atoms with Crippen LogP contribution in [0.1, 0.15) is 42.7 Å². The van der Waals surface area contributed by atoms with E-state index < -0.39 is 16.1 Å². The highest BCUT2D eigenvalue weighted by atomic mass is 32.2. The maximum Gasteiger partial charge on any atom is 0.251 e. The Morgan fingerprint density at radius 2 is 1.62 bits per heavy atom. The van der Waals surface area contributed by atoms with Crippen LogP contribution in [0.25, 0.3) is 0 Å². The first-order valence-corrected chi connectivity index (χ1v) is 12.2. The van der Waals surface area contributed by atoms with E-state index in [1.165, 1.54) is 36.4 Å². The average Bonchev–Trinajstić information content (AvgIpc) is 2.73. The molecule has 9 heteroatoms. The van der Waals surface area contributed by atoms with Crippen LogP contribution in [0, 0.1) is 5.82 Å². The molecule has 174 valence electrons. The monoisotopic (exact) mass is 462 g/mol. The molecule has 1 unspecified atom stereocenters. The van der Waals surface area contributed by atoms with Crippen LogP contribution in [0.5, 0.6) is 0 Å². The number of hydrogen-bond acceptors (Lipinski definition) is 5. The molecule has 32 heavy (non-hydrogen) atoms. The van der Waals surface area contributed by atoms with Gasteiger partial charge in [-0.1, -0.05) is 0 Å². The van der Waals surface area contributed by atoms with Crippen molar-refractivity contribution in [2.75, 3.05) is 38.1 Å². The number of nitrogens with one attached hydrogen (secondary N) is 2. The number of carbonyl (C=O) groups is 1. The topological polar surface area (TPSA) is 81.7 Å². The van der Waals surface area contributed by atoms with E-state index in [1.807, 2.05) is 6.92 Å². The molecule has 7 nitrogen and oxygen atoms in total. The zero-order valence-electron chi connectivity index (χ0n) is 18.9. The Morgan fingerprint density at radius 1 is 1.00 bits per heavy atom. The summed E-state index contributed by atoms with van der Waals surface area (Å²) >= 11 is 0. The zero-order chi connectivity index (χ0) is 23.5. The number of piperazine rings is 1. The number of benzene rings is 2. The van der Waals surface area contributed by atoms with Crippen molar-refractivity contribution < 1.29 is 17.6 Å². The standard InChI is InChI=1S/C23H31FN4O3S/c1-16(2)26-32(30,31)20-8-5-18(6-9-20)23(29)25-17(3)21-15-19(24)7-10-22(21)28-13-11-27(4)12-14-28/h5-10,15-17,26H,11-14H2,1-4H3,(H,25,29). The predicted octanol–water partition coefficient (Wildman–Crippen LogP) is 2.76. The molecule has 3 rings (SSSR count). The number of hydrogen-bond donors (Lipinski definition) is 2. The van der Waals surface area contributed by atoms with Crippen LogP contribution in [-0.4, -0.2) is 58.5 Å². The van der Waals surface area contributed by atoms with Gasteiger partial charge in [0.05, 0.1) is 10.9 Å². The molecular weight excluding hydrogens is 431 g/mol. The molecule has 0 aliphatic carbocycles. The van der Waals surface area contributed by atoms with Gasteiger partial charge in [-0.3, -0.25) is 4.79 Å². The third-order valence-electron chi connectivity index (χ3n) is 5.47. The summed E-state index contributed by atoms with van der Waals surface area (Å²) in [6.07, 6.45) is 0. The Hall–Kier alpha value is -2.49. The van der Waals surface area contributed by atoms with E-state index in [0.717, 1.165) is 31.9 Å². The fourth-order valence-electron chi connectivity index (χ4n) is 3.73. The first kappa shape index (κ1) is 24.2. The lowest BCUT2D eigenvalue weighted by Gasteiger charge is -2.36. The van der Waals surface area contributed by atoms with E-state index in [2.05, 4.69) is 26.9 Å². The van der Waals surface area contributed by atoms with Crippen molar-refractivity contribution in [3.05, 3.63) is 59.4 Å². The van der Waals surface area contributed by atoms with E-state index >= 15 is 0 Å². The van der Waals surface area contributed by atoms with Crippen LogP contribution in [0.15, 0.2) is 47.4 Å². The lowest BCUT2D eigenvalue weighted by Crippen LogP contribution is -2.45. The summed E-state index contributed by atoms with van der Waals surface area (Å²) in [7, 11) is -1.56. The molecule has 0 aromatic heterocycles. The number of nitrogens with zero attached hydrogens (tertiary/aromatic N) is 2. The van der Waals surface area contributed by atoms with Crippen molar-refractivity contribution in [1.29, 1.82) is 0 Å². The van der Waals surface area contributed by atoms with Crippen molar-refractivity contribution in [3.63, 3.8) is 0 Å². The van der Waals surface area contributed by atoms with Crippen LogP contribution in [-0.2, 0) is 10.0 Å². The first-order chi connectivity index (χ1) is 15.1. The molecule has 1 atom stereocenters. The molecule has 0 radical (unpaired) electrons. The summed E-state index contributed by atoms with van der Waals surface area (Å²) in [6.45, 7) is 8.79. The van der Waals surface area contributed by atoms with Crippen LogP contribution in [0.2, 0.25) is 0 Å². The van der Waals surface area contributed by atoms with Crippen LogP contribution >= 0.6 is 0 Å². The minimum absolute atomic E-state index is 0.0956. The van der Waals surface area contributed by atoms with Crippen molar-refractivity contribution >= 4 is 21.6 Å². The van der Waals surface area contributed by atoms with E-state index in [0.29, 0.717) is 11.1 Å². The number of rotatable bonds is 7. The third kappa shape index (κ3) is 5.85. The average molecular weight is 463 g/mol. The number of anilines is 1. The highest BCUT2D eigenvalue weighted by molar-refractivity contribution is 7.89. The quantitative estimate of drug-likeness (QED) is 0.661. The van der Waals surface area contributed by atoms with Gasteiger partial charge in [0.15, 0.2) is 0 Å². The summed E-state index contributed by atoms with van der Waals surface area (Å²) in [6, 6.07) is 9.77. The van der Waals surface area contributed by atoms with Crippen molar-refractivity contribution in [3.8, 4) is 0 Å². The predicted molar refractivity (Wildman–Crippen MR) is 124 cm³/mol. The maximum atomic E-state index is 14.0. The third-order valence-corrected chi connectivity index (χ3v) is 7.14. The Balaban J connectivity index is 1.75. The van der Waals surface area contributed by atoms with Gasteiger partial charge in [0.2, 0.25) is 10.0 Å². The van der Waals surface area contributed by atoms with Gasteiger partial charge >= 0.3 is 0 Å². The van der Waals surface area contributed by atoms with Gasteiger partial charge in [0.1, 0.15) is 5.82 Å². The second-order valence-electron chi connectivity index (χ2n) is 8.49. The van der Waals surface area contributed by atoms with Crippen LogP contribution in [0.3, 0.4) is 0 Å². The Labute approximate surface area is 189 Å². The van der Waals surface area contributed by atoms with E-state index in [9.17, 15) is 17.6 Å². The van der Waals surface area contributed by atoms with E-state index in [-0.39, 0.29) is 22.7 Å². The van der Waals surface area contributed by atoms with E-state index in [4.69, 9.17) is 0 Å². The van der Waals surface area contributed by atoms with Gasteiger partial charge in [0, 0.05) is 49.0 Å². The smallest absolute Gasteiger partial charge is 0.251 e. The molecule has 1 heterocycles. The molecule has 2 aromatic rings. The fraction of sp³-hybridized carbons (Fsp3) is 0.435. The van der Waals surface area contributed by atoms with Crippen molar-refractivity contribution in [2.45, 2.75) is 37.8 Å². The van der Waals surface area contributed by atoms with Gasteiger partial charge in [-0.25, -0.2) is 17.5 Å². The molecule has 1 aliphatic rings. The van der Waals surface area contributed by atoms with Gasteiger partial charge < -0.3 is 15.1 Å². The summed E-state index contributed by atoms with van der Waals surface area (Å²) in [4.78, 5) is 17.3. The van der Waals surface area contributed by atoms with Crippen LogP contribution in [0.4, 0.5) is 10.1 Å². The summed E-state index contributed by atoms with van der Waals surface area (Å²) in [5.41, 5.74) is 1.95. The zero-order valence-corrected chi connectivity index (χ0v) is 19.7. The van der Waals surface area contributed by atoms with Crippen molar-refractivity contribution in [2.24, 2.45) is 0 Å². The molecule has 0 saturated carbocycles. The van der Waals surface area contributed by atoms with Gasteiger partial charge in [-0.2, -0.15) is 0 Å². The molecule has 2 N–H and O–H groups in total. The summed E-state index contributed by atoms with van der Waals surface area (Å²) in [5, 5.41) is 2.91. The van der Waals surface area contributed by atoms with Crippen molar-refractivity contribution in [1.82, 2.24) is 14.9 Å². The highest BCUT2D eigenvalue weighted by Crippen LogP contribution is 2.28. The molecule has 2 aromatic carbocycles. The Kier molecular flexibility index (Phi) is 7.53. The minimum atomic E-state index is -3.63. The van der Waals surface area contributed by atoms with Gasteiger partial charge in [-0.15, -0.1) is 0 Å². The minimum Gasteiger partial charge on any atom is -0.369 e. The number of sulfonamides is 1. The van der Waals surface area contributed by atoms with Crippen LogP contribution < -0.4 is 14.9 Å². The maximum absolute atomic E-state index is 14.0. The summed E-state index contributed by atoms with van der Waals surface area (Å²) < 4.78 is 41.1. The molecule has 0 spiro atoms.